The standard InChI is InChI=1S/C10H12O4.C9H8O3S/c1-2-5-14-7-3-4-8(10(12)13)9(11)6-7;1-2-5-12-8-6-7-3-4-9(8)13(7,10)11/h3-4,6,11H,2,5H2,1H3,(H,12,13);2-4,6H,1,5H2. The molecule has 144 valence electrons. The van der Waals surface area contributed by atoms with E-state index in [4.69, 9.17) is 14.6 Å². The first-order valence-electron chi connectivity index (χ1n) is 8.13. The van der Waals surface area contributed by atoms with Gasteiger partial charge in [0, 0.05) is 12.1 Å². The van der Waals surface area contributed by atoms with Crippen LogP contribution in [0.15, 0.2) is 64.7 Å². The Labute approximate surface area is 157 Å². The van der Waals surface area contributed by atoms with Gasteiger partial charge in [0.15, 0.2) is 0 Å². The van der Waals surface area contributed by atoms with E-state index in [1.165, 1.54) is 24.3 Å². The van der Waals surface area contributed by atoms with Crippen molar-refractivity contribution in [3.63, 3.8) is 0 Å². The number of aromatic hydroxyl groups is 1. The molecule has 1 aromatic rings. The van der Waals surface area contributed by atoms with Crippen molar-refractivity contribution in [3.05, 3.63) is 70.2 Å². The molecule has 2 bridgehead atoms. The summed E-state index contributed by atoms with van der Waals surface area (Å²) < 4.78 is 33.3. The lowest BCUT2D eigenvalue weighted by Gasteiger charge is -2.05. The highest BCUT2D eigenvalue weighted by atomic mass is 32.2. The lowest BCUT2D eigenvalue weighted by atomic mass is 10.2. The summed E-state index contributed by atoms with van der Waals surface area (Å²) in [6.07, 6.45) is 7.11. The van der Waals surface area contributed by atoms with Gasteiger partial charge in [0.05, 0.1) is 11.5 Å². The fourth-order valence-electron chi connectivity index (χ4n) is 2.27. The number of carbonyl (C=O) groups is 1. The second-order valence-electron chi connectivity index (χ2n) is 5.54. The molecule has 0 aliphatic carbocycles. The number of aromatic carboxylic acids is 1. The fourth-order valence-corrected chi connectivity index (χ4v) is 3.66. The van der Waals surface area contributed by atoms with Crippen LogP contribution in [0.3, 0.4) is 0 Å². The number of fused-ring (bicyclic) bond motifs is 2. The summed E-state index contributed by atoms with van der Waals surface area (Å²) in [5.74, 6) is -0.512. The maximum atomic E-state index is 11.4. The van der Waals surface area contributed by atoms with Crippen molar-refractivity contribution in [2.75, 3.05) is 13.2 Å². The van der Waals surface area contributed by atoms with E-state index in [0.717, 1.165) is 6.42 Å². The van der Waals surface area contributed by atoms with E-state index in [1.807, 2.05) is 6.92 Å². The van der Waals surface area contributed by atoms with Crippen molar-refractivity contribution in [2.24, 2.45) is 0 Å². The van der Waals surface area contributed by atoms with Crippen LogP contribution in [0.1, 0.15) is 23.7 Å². The minimum atomic E-state index is -3.20. The van der Waals surface area contributed by atoms with Crippen molar-refractivity contribution >= 4 is 15.8 Å². The smallest absolute Gasteiger partial charge is 0.339 e. The number of allylic oxidation sites excluding steroid dienone is 3. The summed E-state index contributed by atoms with van der Waals surface area (Å²) >= 11 is 0. The van der Waals surface area contributed by atoms with Crippen molar-refractivity contribution < 1.29 is 32.9 Å². The average molecular weight is 392 g/mol. The third kappa shape index (κ3) is 4.59. The zero-order valence-corrected chi connectivity index (χ0v) is 15.5. The van der Waals surface area contributed by atoms with Gasteiger partial charge in [-0.1, -0.05) is 19.6 Å². The quantitative estimate of drug-likeness (QED) is 0.686. The predicted molar refractivity (Wildman–Crippen MR) is 100 cm³/mol. The van der Waals surface area contributed by atoms with Gasteiger partial charge in [-0.15, -0.1) is 0 Å². The number of rotatable bonds is 7. The summed E-state index contributed by atoms with van der Waals surface area (Å²) in [5, 5.41) is 17.9. The van der Waals surface area contributed by atoms with Gasteiger partial charge in [0.2, 0.25) is 9.84 Å². The van der Waals surface area contributed by atoms with Crippen molar-refractivity contribution in [1.29, 1.82) is 0 Å². The van der Waals surface area contributed by atoms with E-state index >= 15 is 0 Å². The molecular formula is C19H20O7S. The molecule has 0 unspecified atom stereocenters. The van der Waals surface area contributed by atoms with Crippen LogP contribution in [0.4, 0.5) is 0 Å². The largest absolute Gasteiger partial charge is 0.507 e. The normalized spacial score (nSPS) is 15.7. The Hall–Kier alpha value is -3.00. The second kappa shape index (κ2) is 8.59. The molecule has 8 heteroatoms. The monoisotopic (exact) mass is 392 g/mol. The molecular weight excluding hydrogens is 372 g/mol. The van der Waals surface area contributed by atoms with Crippen LogP contribution in [-0.4, -0.2) is 37.8 Å². The molecule has 2 aliphatic heterocycles. The van der Waals surface area contributed by atoms with E-state index in [0.29, 0.717) is 29.6 Å². The average Bonchev–Trinajstić information content (AvgIpc) is 3.05. The van der Waals surface area contributed by atoms with Crippen LogP contribution in [0.5, 0.6) is 11.5 Å². The van der Waals surface area contributed by atoms with Gasteiger partial charge in [-0.3, -0.25) is 0 Å². The highest BCUT2D eigenvalue weighted by Gasteiger charge is 2.34. The Kier molecular flexibility index (Phi) is 6.46. The fraction of sp³-hybridized carbons (Fsp3) is 0.211. The number of benzene rings is 1. The number of sulfone groups is 1. The first kappa shape index (κ1) is 20.3. The third-order valence-electron chi connectivity index (χ3n) is 3.54. The Morgan fingerprint density at radius 2 is 2.00 bits per heavy atom. The number of carboxylic acids is 1. The van der Waals surface area contributed by atoms with Gasteiger partial charge in [-0.05, 0) is 30.7 Å². The van der Waals surface area contributed by atoms with Crippen molar-refractivity contribution in [3.8, 4) is 11.5 Å². The molecule has 2 N–H and O–H groups in total. The van der Waals surface area contributed by atoms with Crippen LogP contribution in [-0.2, 0) is 14.6 Å². The molecule has 0 amide bonds. The molecule has 0 fully saturated rings. The third-order valence-corrected chi connectivity index (χ3v) is 5.33. The molecule has 27 heavy (non-hydrogen) atoms. The van der Waals surface area contributed by atoms with Crippen molar-refractivity contribution in [1.82, 2.24) is 0 Å². The van der Waals surface area contributed by atoms with Gasteiger partial charge in [0.25, 0.3) is 0 Å². The van der Waals surface area contributed by atoms with Crippen LogP contribution < -0.4 is 4.74 Å². The van der Waals surface area contributed by atoms with Crippen LogP contribution in [0, 0.1) is 0 Å². The van der Waals surface area contributed by atoms with Gasteiger partial charge in [-0.2, -0.15) is 0 Å². The number of hydrogen-bond acceptors (Lipinski definition) is 6. The van der Waals surface area contributed by atoms with E-state index in [9.17, 15) is 18.3 Å². The molecule has 3 rings (SSSR count). The van der Waals surface area contributed by atoms with Gasteiger partial charge >= 0.3 is 5.97 Å². The highest BCUT2D eigenvalue weighted by Crippen LogP contribution is 2.37. The molecule has 0 radical (unpaired) electrons. The Balaban J connectivity index is 0.000000194. The molecule has 2 heterocycles. The predicted octanol–water partition coefficient (Wildman–Crippen LogP) is 3.16. The Morgan fingerprint density at radius 1 is 1.26 bits per heavy atom. The van der Waals surface area contributed by atoms with Crippen LogP contribution in [0.25, 0.3) is 0 Å². The first-order valence-corrected chi connectivity index (χ1v) is 9.61. The molecule has 0 saturated heterocycles. The molecule has 0 saturated carbocycles. The zero-order valence-electron chi connectivity index (χ0n) is 14.7. The molecule has 7 nitrogen and oxygen atoms in total. The number of carboxylic acid groups (broad SMARTS) is 1. The van der Waals surface area contributed by atoms with E-state index in [2.05, 4.69) is 6.58 Å². The molecule has 0 spiro atoms. The Bertz CT molecular complexity index is 937. The zero-order chi connectivity index (χ0) is 20.0. The lowest BCUT2D eigenvalue weighted by Crippen LogP contribution is -1.98. The van der Waals surface area contributed by atoms with Gasteiger partial charge in [0.1, 0.15) is 34.3 Å². The van der Waals surface area contributed by atoms with E-state index in [1.54, 1.807) is 18.2 Å². The number of phenols is 1. The molecule has 1 aromatic carbocycles. The minimum absolute atomic E-state index is 0.117. The number of hydrogen-bond donors (Lipinski definition) is 2. The van der Waals surface area contributed by atoms with E-state index < -0.39 is 15.8 Å². The van der Waals surface area contributed by atoms with Crippen LogP contribution in [0.2, 0.25) is 0 Å². The second-order valence-corrected chi connectivity index (χ2v) is 7.46. The van der Waals surface area contributed by atoms with Gasteiger partial charge < -0.3 is 19.7 Å². The maximum Gasteiger partial charge on any atom is 0.339 e. The topological polar surface area (TPSA) is 110 Å². The molecule has 0 atom stereocenters. The molecule has 2 aliphatic rings. The van der Waals surface area contributed by atoms with E-state index in [-0.39, 0.29) is 16.2 Å². The lowest BCUT2D eigenvalue weighted by molar-refractivity contribution is 0.0693. The molecule has 0 aromatic heterocycles. The minimum Gasteiger partial charge on any atom is -0.507 e. The van der Waals surface area contributed by atoms with Crippen LogP contribution >= 0.6 is 0 Å². The first-order chi connectivity index (χ1) is 12.8. The number of ether oxygens (including phenoxy) is 2. The summed E-state index contributed by atoms with van der Waals surface area (Å²) in [4.78, 5) is 11.1. The summed E-state index contributed by atoms with van der Waals surface area (Å²) in [6, 6.07) is 4.15. The summed E-state index contributed by atoms with van der Waals surface area (Å²) in [7, 11) is -3.20. The van der Waals surface area contributed by atoms with Crippen molar-refractivity contribution in [2.45, 2.75) is 13.3 Å². The summed E-state index contributed by atoms with van der Waals surface area (Å²) in [6.45, 7) is 6.32. The summed E-state index contributed by atoms with van der Waals surface area (Å²) in [5.41, 5.74) is -0.117. The highest BCUT2D eigenvalue weighted by molar-refractivity contribution is 8.00. The SMILES string of the molecule is C=CCOC1=C2C=CC(=C1)S2(=O)=O.CCCOc1ccc(C(=O)O)c(O)c1. The van der Waals surface area contributed by atoms with Gasteiger partial charge in [-0.25, -0.2) is 13.2 Å². The Morgan fingerprint density at radius 3 is 2.48 bits per heavy atom. The maximum absolute atomic E-state index is 11.4.